The van der Waals surface area contributed by atoms with Crippen molar-refractivity contribution in [2.24, 2.45) is 0 Å². The number of rotatable bonds is 4. The molecule has 3 aromatic heterocycles. The maximum absolute atomic E-state index is 13.1. The maximum atomic E-state index is 13.1. The summed E-state index contributed by atoms with van der Waals surface area (Å²) in [5.41, 5.74) is -1.43. The Morgan fingerprint density at radius 1 is 1.33 bits per heavy atom. The Kier molecular flexibility index (Phi) is 3.22. The molecule has 1 saturated carbocycles. The molecule has 0 saturated heterocycles. The number of nitrogens with one attached hydrogen (secondary N) is 1. The molecule has 0 spiro atoms. The number of hydrogen-bond donors (Lipinski definition) is 1. The third kappa shape index (κ3) is 2.68. The van der Waals surface area contributed by atoms with Crippen LogP contribution in [0.4, 0.5) is 13.2 Å². The first kappa shape index (κ1) is 14.9. The van der Waals surface area contributed by atoms with Gasteiger partial charge in [-0.05, 0) is 19.8 Å². The van der Waals surface area contributed by atoms with Crippen LogP contribution in [0.1, 0.15) is 47.5 Å². The van der Waals surface area contributed by atoms with Crippen LogP contribution in [0.15, 0.2) is 15.1 Å². The lowest BCUT2D eigenvalue weighted by Gasteiger charge is -2.05. The third-order valence-electron chi connectivity index (χ3n) is 3.73. The van der Waals surface area contributed by atoms with Crippen LogP contribution in [0.5, 0.6) is 0 Å². The molecule has 0 atom stereocenters. The van der Waals surface area contributed by atoms with Crippen LogP contribution in [-0.2, 0) is 12.6 Å². The number of nitrogens with zero attached hydrogens (tertiary/aromatic N) is 4. The van der Waals surface area contributed by atoms with Crippen molar-refractivity contribution in [3.05, 3.63) is 34.9 Å². The van der Waals surface area contributed by atoms with E-state index in [9.17, 15) is 13.2 Å². The van der Waals surface area contributed by atoms with Crippen molar-refractivity contribution in [3.63, 3.8) is 0 Å². The van der Waals surface area contributed by atoms with E-state index in [1.54, 1.807) is 6.20 Å². The van der Waals surface area contributed by atoms with Gasteiger partial charge in [-0.3, -0.25) is 5.10 Å². The lowest BCUT2D eigenvalue weighted by Crippen LogP contribution is -2.07. The molecule has 1 fully saturated rings. The van der Waals surface area contributed by atoms with Gasteiger partial charge in [-0.25, -0.2) is 4.98 Å². The van der Waals surface area contributed by atoms with Crippen LogP contribution in [0.3, 0.4) is 0 Å². The average Bonchev–Trinajstić information content (AvgIpc) is 2.93. The van der Waals surface area contributed by atoms with Gasteiger partial charge < -0.3 is 8.94 Å². The van der Waals surface area contributed by atoms with E-state index >= 15 is 0 Å². The van der Waals surface area contributed by atoms with E-state index in [0.717, 1.165) is 12.8 Å². The van der Waals surface area contributed by atoms with Gasteiger partial charge in [0, 0.05) is 11.6 Å². The number of oxazole rings is 1. The predicted octanol–water partition coefficient (Wildman–Crippen LogP) is 3.24. The Morgan fingerprint density at radius 3 is 2.83 bits per heavy atom. The second kappa shape index (κ2) is 5.18. The molecule has 1 aliphatic carbocycles. The molecule has 0 unspecified atom stereocenters. The van der Waals surface area contributed by atoms with E-state index < -0.39 is 17.4 Å². The molecule has 7 nitrogen and oxygen atoms in total. The maximum Gasteiger partial charge on any atom is 0.420 e. The van der Waals surface area contributed by atoms with E-state index in [4.69, 9.17) is 8.94 Å². The van der Waals surface area contributed by atoms with Crippen molar-refractivity contribution in [1.82, 2.24) is 25.3 Å². The van der Waals surface area contributed by atoms with E-state index in [1.807, 2.05) is 0 Å². The highest BCUT2D eigenvalue weighted by Crippen LogP contribution is 2.40. The molecule has 0 amide bonds. The zero-order valence-corrected chi connectivity index (χ0v) is 12.5. The smallest absolute Gasteiger partial charge is 0.420 e. The summed E-state index contributed by atoms with van der Waals surface area (Å²) in [6, 6.07) is 0. The highest BCUT2D eigenvalue weighted by Gasteiger charge is 2.39. The van der Waals surface area contributed by atoms with E-state index in [0.29, 0.717) is 17.6 Å². The molecule has 1 aliphatic rings. The lowest BCUT2D eigenvalue weighted by molar-refractivity contribution is -0.137. The molecule has 0 aliphatic heterocycles. The minimum Gasteiger partial charge on any atom is -0.445 e. The second-order valence-corrected chi connectivity index (χ2v) is 5.70. The summed E-state index contributed by atoms with van der Waals surface area (Å²) >= 11 is 0. The minimum atomic E-state index is -4.56. The van der Waals surface area contributed by atoms with E-state index in [1.165, 1.54) is 6.92 Å². The monoisotopic (exact) mass is 339 g/mol. The van der Waals surface area contributed by atoms with Gasteiger partial charge in [-0.1, -0.05) is 5.16 Å². The number of H-pyrrole nitrogens is 1. The molecular formula is C14H12F3N5O2. The minimum absolute atomic E-state index is 0.110. The molecule has 0 radical (unpaired) electrons. The van der Waals surface area contributed by atoms with Crippen LogP contribution in [0, 0.1) is 6.92 Å². The number of aryl methyl sites for hydroxylation is 1. The summed E-state index contributed by atoms with van der Waals surface area (Å²) in [4.78, 5) is 8.16. The zero-order valence-electron chi connectivity index (χ0n) is 12.5. The van der Waals surface area contributed by atoms with Crippen LogP contribution < -0.4 is 0 Å². The van der Waals surface area contributed by atoms with Crippen molar-refractivity contribution < 1.29 is 22.1 Å². The van der Waals surface area contributed by atoms with E-state index in [-0.39, 0.29) is 23.8 Å². The highest BCUT2D eigenvalue weighted by molar-refractivity contribution is 5.55. The van der Waals surface area contributed by atoms with Crippen LogP contribution in [0.2, 0.25) is 0 Å². The molecule has 3 heterocycles. The number of alkyl halides is 3. The summed E-state index contributed by atoms with van der Waals surface area (Å²) in [7, 11) is 0. The number of aromatic nitrogens is 5. The van der Waals surface area contributed by atoms with Crippen molar-refractivity contribution in [2.75, 3.05) is 0 Å². The molecule has 1 N–H and O–H groups in total. The van der Waals surface area contributed by atoms with Crippen LogP contribution in [-0.4, -0.2) is 25.3 Å². The molecule has 10 heteroatoms. The second-order valence-electron chi connectivity index (χ2n) is 5.70. The lowest BCUT2D eigenvalue weighted by atomic mass is 10.2. The van der Waals surface area contributed by atoms with Gasteiger partial charge in [0.25, 0.3) is 5.89 Å². The van der Waals surface area contributed by atoms with Gasteiger partial charge >= 0.3 is 6.18 Å². The molecule has 24 heavy (non-hydrogen) atoms. The quantitative estimate of drug-likeness (QED) is 0.784. The summed E-state index contributed by atoms with van der Waals surface area (Å²) in [6.07, 6.45) is -0.682. The fraction of sp³-hybridized carbons (Fsp3) is 0.429. The summed E-state index contributed by atoms with van der Waals surface area (Å²) in [6.45, 7) is 1.28. The fourth-order valence-electron chi connectivity index (χ4n) is 2.43. The third-order valence-corrected chi connectivity index (χ3v) is 3.73. The topological polar surface area (TPSA) is 93.6 Å². The fourth-order valence-corrected chi connectivity index (χ4v) is 2.43. The number of halogens is 3. The first-order valence-electron chi connectivity index (χ1n) is 7.31. The Hall–Kier alpha value is -2.65. The normalized spacial score (nSPS) is 15.2. The van der Waals surface area contributed by atoms with Crippen molar-refractivity contribution in [1.29, 1.82) is 0 Å². The van der Waals surface area contributed by atoms with Crippen molar-refractivity contribution in [3.8, 4) is 11.6 Å². The zero-order chi connectivity index (χ0) is 16.9. The molecule has 0 bridgehead atoms. The number of aromatic amines is 1. The van der Waals surface area contributed by atoms with E-state index in [2.05, 4.69) is 25.3 Å². The molecule has 4 rings (SSSR count). The SMILES string of the molecule is Cc1[nH]nc(-c2nc(Cc3cnc(C4CC4)o3)no2)c1C(F)(F)F. The summed E-state index contributed by atoms with van der Waals surface area (Å²) in [5, 5.41) is 9.62. The van der Waals surface area contributed by atoms with Gasteiger partial charge in [0.1, 0.15) is 11.3 Å². The Balaban J connectivity index is 1.58. The van der Waals surface area contributed by atoms with Gasteiger partial charge in [0.05, 0.1) is 12.6 Å². The first-order valence-corrected chi connectivity index (χ1v) is 7.31. The van der Waals surface area contributed by atoms with Gasteiger partial charge in [-0.2, -0.15) is 23.3 Å². The molecular weight excluding hydrogens is 327 g/mol. The Morgan fingerprint density at radius 2 is 2.12 bits per heavy atom. The Bertz CT molecular complexity index is 875. The highest BCUT2D eigenvalue weighted by atomic mass is 19.4. The van der Waals surface area contributed by atoms with Crippen molar-refractivity contribution in [2.45, 2.75) is 38.3 Å². The summed E-state index contributed by atoms with van der Waals surface area (Å²) in [5.74, 6) is 1.51. The largest absolute Gasteiger partial charge is 0.445 e. The molecule has 3 aromatic rings. The summed E-state index contributed by atoms with van der Waals surface area (Å²) < 4.78 is 49.8. The molecule has 126 valence electrons. The standard InChI is InChI=1S/C14H12F3N5O2/c1-6-10(14(15,16)17)11(21-20-6)13-19-9(22-24-13)4-8-5-18-12(23-8)7-2-3-7/h5,7H,2-4H2,1H3,(H,20,21). The van der Waals surface area contributed by atoms with Gasteiger partial charge in [0.2, 0.25) is 0 Å². The first-order chi connectivity index (χ1) is 11.4. The average molecular weight is 339 g/mol. The van der Waals surface area contributed by atoms with Crippen LogP contribution in [0.25, 0.3) is 11.6 Å². The van der Waals surface area contributed by atoms with Gasteiger partial charge in [-0.15, -0.1) is 0 Å². The van der Waals surface area contributed by atoms with Crippen molar-refractivity contribution >= 4 is 0 Å². The Labute approximate surface area is 133 Å². The van der Waals surface area contributed by atoms with Gasteiger partial charge in [0.15, 0.2) is 17.4 Å². The molecule has 0 aromatic carbocycles. The van der Waals surface area contributed by atoms with Crippen LogP contribution >= 0.6 is 0 Å². The predicted molar refractivity (Wildman–Crippen MR) is 72.9 cm³/mol. The number of hydrogen-bond acceptors (Lipinski definition) is 6.